The van der Waals surface area contributed by atoms with Crippen LogP contribution in [-0.4, -0.2) is 130 Å². The van der Waals surface area contributed by atoms with Crippen molar-refractivity contribution >= 4 is 40.3 Å². The number of benzene rings is 2. The Hall–Kier alpha value is -5.16. The van der Waals surface area contributed by atoms with Gasteiger partial charge < -0.3 is 54.7 Å². The van der Waals surface area contributed by atoms with Gasteiger partial charge in [-0.3, -0.25) is 19.4 Å². The zero-order valence-corrected chi connectivity index (χ0v) is 35.3. The third kappa shape index (κ3) is 8.91. The highest BCUT2D eigenvalue weighted by molar-refractivity contribution is 6.23. The molecule has 2 aromatic rings. The largest absolute Gasteiger partial charge is 0.507 e. The Kier molecular flexibility index (Phi) is 13.7. The number of rotatable bonds is 4. The highest BCUT2D eigenvalue weighted by atomic mass is 16.7. The number of carbonyl (C=O) groups is 3. The highest BCUT2D eigenvalue weighted by Gasteiger charge is 2.50. The van der Waals surface area contributed by atoms with Crippen LogP contribution in [0.15, 0.2) is 41.2 Å². The summed E-state index contributed by atoms with van der Waals surface area (Å²) < 4.78 is 23.6. The molecule has 5 bridgehead atoms. The molecule has 6 N–H and O–H groups in total. The van der Waals surface area contributed by atoms with Crippen molar-refractivity contribution in [3.05, 3.63) is 52.8 Å². The number of aliphatic hydroxyl groups is 2. The first-order chi connectivity index (χ1) is 27.7. The predicted molar refractivity (Wildman–Crippen MR) is 220 cm³/mol. The van der Waals surface area contributed by atoms with Crippen molar-refractivity contribution in [1.82, 2.24) is 9.91 Å². The van der Waals surface area contributed by atoms with Gasteiger partial charge in [0.05, 0.1) is 53.0 Å². The van der Waals surface area contributed by atoms with Gasteiger partial charge in [-0.15, -0.1) is 0 Å². The van der Waals surface area contributed by atoms with E-state index in [9.17, 15) is 39.9 Å². The minimum absolute atomic E-state index is 0.0559. The molecule has 0 spiro atoms. The minimum atomic E-state index is -2.04. The normalized spacial score (nSPS) is 30.6. The van der Waals surface area contributed by atoms with Crippen molar-refractivity contribution in [2.45, 2.75) is 85.6 Å². The predicted octanol–water partition coefficient (Wildman–Crippen LogP) is 4.34. The first-order valence-electron chi connectivity index (χ1n) is 19.8. The van der Waals surface area contributed by atoms with Crippen molar-refractivity contribution in [2.24, 2.45) is 28.8 Å². The zero-order valence-electron chi connectivity index (χ0n) is 35.3. The Balaban J connectivity index is 1.70. The minimum Gasteiger partial charge on any atom is -0.507 e. The maximum absolute atomic E-state index is 14.4. The van der Waals surface area contributed by atoms with Crippen LogP contribution in [0.5, 0.6) is 23.0 Å². The molecule has 322 valence electrons. The second-order valence-corrected chi connectivity index (χ2v) is 16.1. The van der Waals surface area contributed by atoms with E-state index in [1.165, 1.54) is 59.4 Å². The van der Waals surface area contributed by atoms with E-state index >= 15 is 0 Å². The topological polar surface area (TPSA) is 220 Å². The van der Waals surface area contributed by atoms with Gasteiger partial charge >= 0.3 is 11.8 Å². The van der Waals surface area contributed by atoms with E-state index in [-0.39, 0.29) is 44.5 Å². The van der Waals surface area contributed by atoms with Crippen molar-refractivity contribution < 1.29 is 58.9 Å². The fraction of sp³-hybridized carbons (Fsp3) is 0.535. The number of nitrogens with zero attached hydrogens (tertiary/aromatic N) is 3. The molecule has 1 saturated heterocycles. The Labute approximate surface area is 344 Å². The van der Waals surface area contributed by atoms with E-state index in [1.807, 2.05) is 7.05 Å². The quantitative estimate of drug-likeness (QED) is 0.109. The highest BCUT2D eigenvalue weighted by Crippen LogP contribution is 2.55. The summed E-state index contributed by atoms with van der Waals surface area (Å²) in [6, 6.07) is 0. The van der Waals surface area contributed by atoms with E-state index in [1.54, 1.807) is 44.9 Å². The summed E-state index contributed by atoms with van der Waals surface area (Å²) in [6.07, 6.45) is 4.86. The number of amides is 1. The lowest BCUT2D eigenvalue weighted by atomic mass is 9.78. The van der Waals surface area contributed by atoms with Gasteiger partial charge in [-0.2, -0.15) is 5.10 Å². The van der Waals surface area contributed by atoms with Crippen molar-refractivity contribution in [3.8, 4) is 23.0 Å². The first kappa shape index (κ1) is 44.9. The van der Waals surface area contributed by atoms with Crippen LogP contribution in [-0.2, 0) is 23.8 Å². The number of ether oxygens (including phenoxy) is 4. The third-order valence-electron chi connectivity index (χ3n) is 11.9. The average molecular weight is 823 g/mol. The van der Waals surface area contributed by atoms with Gasteiger partial charge in [-0.25, -0.2) is 0 Å². The van der Waals surface area contributed by atoms with Crippen molar-refractivity contribution in [1.29, 1.82) is 0 Å². The number of phenols is 3. The van der Waals surface area contributed by atoms with Crippen LogP contribution in [0.25, 0.3) is 10.8 Å². The van der Waals surface area contributed by atoms with Gasteiger partial charge in [-0.1, -0.05) is 45.9 Å². The Morgan fingerprint density at radius 2 is 1.61 bits per heavy atom. The summed E-state index contributed by atoms with van der Waals surface area (Å²) in [5.41, 5.74) is -0.350. The SMILES string of the molecule is COC1/C=C/O[C@@]2(C)Oc3c(C)c(O)c4c(O)c(c(/C=N\N5CCN(C)CC5)c(O)c4c3C2=O)NC(=O)C(C)=CC=CC(C)[C@H](O)[C@@H](C)C(O)C(C)[C@H](OC(C)=O)[C@@H]1C. The van der Waals surface area contributed by atoms with Gasteiger partial charge in [0, 0.05) is 87.3 Å². The molecule has 9 atom stereocenters. The number of piperazine rings is 1. The number of esters is 1. The van der Waals surface area contributed by atoms with Crippen LogP contribution in [0.2, 0.25) is 0 Å². The van der Waals surface area contributed by atoms with E-state index in [0.29, 0.717) is 13.1 Å². The number of hydrogen-bond acceptors (Lipinski definition) is 15. The maximum Gasteiger partial charge on any atom is 0.312 e. The Morgan fingerprint density at radius 3 is 2.24 bits per heavy atom. The van der Waals surface area contributed by atoms with Crippen LogP contribution < -0.4 is 10.1 Å². The van der Waals surface area contributed by atoms with E-state index in [2.05, 4.69) is 15.3 Å². The molecule has 4 unspecified atom stereocenters. The van der Waals surface area contributed by atoms with E-state index in [0.717, 1.165) is 13.1 Å². The molecule has 4 aliphatic rings. The van der Waals surface area contributed by atoms with Gasteiger partial charge in [0.15, 0.2) is 5.75 Å². The number of methoxy groups -OCH3 is 1. The summed E-state index contributed by atoms with van der Waals surface area (Å²) in [6.45, 7) is 15.1. The molecule has 1 amide bonds. The van der Waals surface area contributed by atoms with Crippen molar-refractivity contribution in [2.75, 3.05) is 45.7 Å². The number of fused-ring (bicyclic) bond motifs is 14. The molecule has 0 radical (unpaired) electrons. The molecule has 4 heterocycles. The molecule has 0 aliphatic carbocycles. The molecule has 1 fully saturated rings. The molecular formula is C43H58N4O12. The molecule has 16 heteroatoms. The second kappa shape index (κ2) is 18.0. The first-order valence-corrected chi connectivity index (χ1v) is 19.8. The van der Waals surface area contributed by atoms with Gasteiger partial charge in [-0.05, 0) is 27.0 Å². The number of hydrogen-bond donors (Lipinski definition) is 6. The number of aromatic hydroxyl groups is 3. The summed E-state index contributed by atoms with van der Waals surface area (Å²) in [4.78, 5) is 42.6. The zero-order chi connectivity index (χ0) is 43.7. The number of phenolic OH excluding ortho intramolecular Hbond substituents is 3. The molecule has 2 aromatic carbocycles. The van der Waals surface area contributed by atoms with Gasteiger partial charge in [0.25, 0.3) is 11.7 Å². The number of ketones is 1. The monoisotopic (exact) mass is 822 g/mol. The lowest BCUT2D eigenvalue weighted by Crippen LogP contribution is -2.46. The summed E-state index contributed by atoms with van der Waals surface area (Å²) in [7, 11) is 3.42. The number of aliphatic hydroxyl groups excluding tert-OH is 2. The second-order valence-electron chi connectivity index (χ2n) is 16.1. The maximum atomic E-state index is 14.4. The van der Waals surface area contributed by atoms with Crippen LogP contribution in [0.3, 0.4) is 0 Å². The standard InChI is InChI=1S/C43H58N4O12/c1-21-12-11-13-22(2)42(55)45-33-28(20-44-47-17-15-46(9)16-18-47)37(52)30-31(38(33)53)36(51)26(6)40-32(30)41(54)43(8,59-40)57-19-14-29(56-10)23(3)39(58-27(7)48)25(5)35(50)24(4)34(21)49/h11-14,19-21,23-25,29,34-35,39,49-53H,15-18H2,1-10H3,(H,45,55)/b12-11?,19-14+,22-13?,44-20-/t21?,23-,24-,25?,29?,34+,35?,39-,43+/m1/s1. The number of allylic oxidation sites excluding steroid dienone is 2. The molecule has 0 aromatic heterocycles. The number of likely N-dealkylation sites (N-methyl/N-ethyl adjacent to an activating group) is 1. The molecule has 59 heavy (non-hydrogen) atoms. The summed E-state index contributed by atoms with van der Waals surface area (Å²) in [5.74, 6) is -8.34. The smallest absolute Gasteiger partial charge is 0.312 e. The van der Waals surface area contributed by atoms with E-state index < -0.39 is 88.8 Å². The van der Waals surface area contributed by atoms with Crippen LogP contribution in [0, 0.1) is 30.6 Å². The Bertz CT molecular complexity index is 2070. The average Bonchev–Trinajstić information content (AvgIpc) is 3.46. The van der Waals surface area contributed by atoms with Gasteiger partial charge in [0.1, 0.15) is 23.4 Å². The Morgan fingerprint density at radius 1 is 0.949 bits per heavy atom. The number of carbonyl (C=O) groups excluding carboxylic acids is 3. The van der Waals surface area contributed by atoms with E-state index in [4.69, 9.17) is 18.9 Å². The number of nitrogens with one attached hydrogen (secondary N) is 1. The molecule has 4 aliphatic heterocycles. The number of Topliss-reactive ketones (excluding diaryl/α,β-unsaturated/α-hetero) is 1. The number of anilines is 1. The fourth-order valence-electron chi connectivity index (χ4n) is 7.92. The van der Waals surface area contributed by atoms with Crippen LogP contribution in [0.4, 0.5) is 5.69 Å². The molecular weight excluding hydrogens is 764 g/mol. The molecule has 6 rings (SSSR count). The summed E-state index contributed by atoms with van der Waals surface area (Å²) in [5, 5.41) is 66.8. The lowest BCUT2D eigenvalue weighted by Gasteiger charge is -2.38. The van der Waals surface area contributed by atoms with Crippen molar-refractivity contribution in [3.63, 3.8) is 0 Å². The molecule has 0 saturated carbocycles. The summed E-state index contributed by atoms with van der Waals surface area (Å²) >= 11 is 0. The number of hydrazone groups is 1. The van der Waals surface area contributed by atoms with Crippen LogP contribution in [0.1, 0.15) is 70.0 Å². The van der Waals surface area contributed by atoms with Gasteiger partial charge in [0.2, 0.25) is 0 Å². The fourth-order valence-corrected chi connectivity index (χ4v) is 7.92. The third-order valence-corrected chi connectivity index (χ3v) is 11.9. The molecule has 16 nitrogen and oxygen atoms in total. The lowest BCUT2D eigenvalue weighted by molar-refractivity contribution is -0.160. The van der Waals surface area contributed by atoms with Crippen LogP contribution >= 0.6 is 0 Å².